The lowest BCUT2D eigenvalue weighted by Gasteiger charge is -2.33. The summed E-state index contributed by atoms with van der Waals surface area (Å²) in [5, 5.41) is 10.7. The van der Waals surface area contributed by atoms with E-state index < -0.39 is 10.0 Å². The van der Waals surface area contributed by atoms with Crippen molar-refractivity contribution in [1.29, 1.82) is 0 Å². The van der Waals surface area contributed by atoms with Gasteiger partial charge in [-0.1, -0.05) is 30.3 Å². The van der Waals surface area contributed by atoms with Crippen LogP contribution in [0.25, 0.3) is 11.0 Å². The summed E-state index contributed by atoms with van der Waals surface area (Å²) >= 11 is 0. The van der Waals surface area contributed by atoms with Crippen LogP contribution in [0.3, 0.4) is 0 Å². The monoisotopic (exact) mass is 440 g/mol. The van der Waals surface area contributed by atoms with Crippen molar-refractivity contribution < 1.29 is 17.8 Å². The van der Waals surface area contributed by atoms with Crippen LogP contribution in [0.4, 0.5) is 0 Å². The Hall–Kier alpha value is -2.78. The summed E-state index contributed by atoms with van der Waals surface area (Å²) in [6.45, 7) is 0.532. The molecule has 1 aromatic heterocycles. The minimum atomic E-state index is -3.82. The molecule has 1 aliphatic heterocycles. The van der Waals surface area contributed by atoms with Gasteiger partial charge in [-0.15, -0.1) is 0 Å². The second kappa shape index (κ2) is 8.05. The van der Waals surface area contributed by atoms with Crippen molar-refractivity contribution in [2.75, 3.05) is 13.1 Å². The molecule has 2 heterocycles. The number of piperidine rings is 1. The molecule has 0 spiro atoms. The van der Waals surface area contributed by atoms with Gasteiger partial charge in [0, 0.05) is 13.1 Å². The average molecular weight is 441 g/mol. The van der Waals surface area contributed by atoms with Gasteiger partial charge >= 0.3 is 0 Å². The Morgan fingerprint density at radius 1 is 1.06 bits per heavy atom. The summed E-state index contributed by atoms with van der Waals surface area (Å²) in [6.07, 6.45) is 4.26. The van der Waals surface area contributed by atoms with Crippen LogP contribution in [-0.4, -0.2) is 42.0 Å². The maximum absolute atomic E-state index is 13.3. The first-order chi connectivity index (χ1) is 15.0. The van der Waals surface area contributed by atoms with Gasteiger partial charge in [0.2, 0.25) is 15.9 Å². The molecule has 162 valence electrons. The number of rotatable bonds is 4. The van der Waals surface area contributed by atoms with Gasteiger partial charge in [0.05, 0.1) is 12.0 Å². The van der Waals surface area contributed by atoms with Gasteiger partial charge in [0.15, 0.2) is 5.52 Å². The van der Waals surface area contributed by atoms with Gasteiger partial charge in [0.1, 0.15) is 10.4 Å². The number of hydrogen-bond acceptors (Lipinski definition) is 6. The zero-order valence-corrected chi connectivity index (χ0v) is 17.8. The minimum Gasteiger partial charge on any atom is -0.349 e. The second-order valence-corrected chi connectivity index (χ2v) is 10.1. The molecule has 1 N–H and O–H groups in total. The van der Waals surface area contributed by atoms with Gasteiger partial charge in [0.25, 0.3) is 0 Å². The van der Waals surface area contributed by atoms with Gasteiger partial charge in [-0.05, 0) is 65.7 Å². The Morgan fingerprint density at radius 2 is 1.94 bits per heavy atom. The van der Waals surface area contributed by atoms with Crippen LogP contribution in [0, 0.1) is 5.92 Å². The van der Waals surface area contributed by atoms with Crippen LogP contribution < -0.4 is 5.32 Å². The average Bonchev–Trinajstić information content (AvgIpc) is 3.28. The second-order valence-electron chi connectivity index (χ2n) is 8.24. The van der Waals surface area contributed by atoms with Crippen molar-refractivity contribution in [2.24, 2.45) is 5.92 Å². The molecule has 9 heteroatoms. The van der Waals surface area contributed by atoms with E-state index in [9.17, 15) is 13.2 Å². The number of carbonyl (C=O) groups is 1. The van der Waals surface area contributed by atoms with E-state index in [-0.39, 0.29) is 34.8 Å². The molecule has 0 saturated carbocycles. The molecule has 1 fully saturated rings. The molecule has 3 aromatic rings. The van der Waals surface area contributed by atoms with E-state index >= 15 is 0 Å². The van der Waals surface area contributed by atoms with Gasteiger partial charge in [-0.25, -0.2) is 13.0 Å². The summed E-state index contributed by atoms with van der Waals surface area (Å²) < 4.78 is 32.7. The first-order valence-electron chi connectivity index (χ1n) is 10.6. The summed E-state index contributed by atoms with van der Waals surface area (Å²) in [7, 11) is -3.82. The van der Waals surface area contributed by atoms with Gasteiger partial charge < -0.3 is 5.32 Å². The summed E-state index contributed by atoms with van der Waals surface area (Å²) in [6, 6.07) is 13.0. The highest BCUT2D eigenvalue weighted by Crippen LogP contribution is 2.31. The number of fused-ring (bicyclic) bond motifs is 2. The fraction of sp³-hybridized carbons (Fsp3) is 0.409. The number of benzene rings is 2. The van der Waals surface area contributed by atoms with Crippen molar-refractivity contribution >= 4 is 27.0 Å². The number of aromatic nitrogens is 2. The summed E-state index contributed by atoms with van der Waals surface area (Å²) in [5.41, 5.74) is 3.06. The number of carbonyl (C=O) groups excluding carboxylic acids is 1. The first-order valence-corrected chi connectivity index (χ1v) is 12.1. The van der Waals surface area contributed by atoms with Crippen LogP contribution in [0.5, 0.6) is 0 Å². The van der Waals surface area contributed by atoms with Gasteiger partial charge in [-0.3, -0.25) is 4.79 Å². The lowest BCUT2D eigenvalue weighted by Crippen LogP contribution is -2.46. The van der Waals surface area contributed by atoms with Gasteiger partial charge in [-0.2, -0.15) is 4.31 Å². The van der Waals surface area contributed by atoms with Crippen LogP contribution in [0.2, 0.25) is 0 Å². The lowest BCUT2D eigenvalue weighted by atomic mass is 9.87. The maximum Gasteiger partial charge on any atom is 0.245 e. The lowest BCUT2D eigenvalue weighted by molar-refractivity contribution is -0.127. The summed E-state index contributed by atoms with van der Waals surface area (Å²) in [4.78, 5) is 13.1. The molecule has 1 amide bonds. The molecular weight excluding hydrogens is 416 g/mol. The maximum atomic E-state index is 13.3. The van der Waals surface area contributed by atoms with E-state index in [2.05, 4.69) is 27.8 Å². The standard InChI is InChI=1S/C22H24N4O4S/c27-22(23-18-10-3-7-15-6-1-2-9-17(15)18)16-8-5-13-26(14-16)31(28,29)20-12-4-11-19-21(20)25-30-24-19/h1-2,4,6,9,11-12,16,18H,3,5,7-8,10,13-14H2,(H,23,27). The number of amides is 1. The number of nitrogens with zero attached hydrogens (tertiary/aromatic N) is 3. The fourth-order valence-electron chi connectivity index (χ4n) is 4.70. The molecule has 31 heavy (non-hydrogen) atoms. The van der Waals surface area contributed by atoms with Crippen LogP contribution >= 0.6 is 0 Å². The van der Waals surface area contributed by atoms with E-state index in [0.29, 0.717) is 24.9 Å². The third-order valence-electron chi connectivity index (χ3n) is 6.31. The van der Waals surface area contributed by atoms with Crippen molar-refractivity contribution in [1.82, 2.24) is 19.9 Å². The topological polar surface area (TPSA) is 105 Å². The van der Waals surface area contributed by atoms with E-state index in [1.165, 1.54) is 21.5 Å². The van der Waals surface area contributed by atoms with E-state index in [1.807, 2.05) is 12.1 Å². The van der Waals surface area contributed by atoms with E-state index in [4.69, 9.17) is 4.63 Å². The van der Waals surface area contributed by atoms with Crippen molar-refractivity contribution in [3.63, 3.8) is 0 Å². The highest BCUT2D eigenvalue weighted by atomic mass is 32.2. The number of sulfonamides is 1. The van der Waals surface area contributed by atoms with Crippen LogP contribution in [0.15, 0.2) is 52.0 Å². The van der Waals surface area contributed by atoms with E-state index in [0.717, 1.165) is 19.3 Å². The molecule has 0 bridgehead atoms. The molecular formula is C22H24N4O4S. The zero-order chi connectivity index (χ0) is 21.4. The predicted molar refractivity (Wildman–Crippen MR) is 114 cm³/mol. The Bertz CT molecular complexity index is 1220. The third kappa shape index (κ3) is 3.72. The molecule has 2 aromatic carbocycles. The first kappa shape index (κ1) is 20.1. The van der Waals surface area contributed by atoms with Crippen LogP contribution in [-0.2, 0) is 21.2 Å². The van der Waals surface area contributed by atoms with Crippen LogP contribution in [0.1, 0.15) is 42.9 Å². The quantitative estimate of drug-likeness (QED) is 0.669. The highest BCUT2D eigenvalue weighted by Gasteiger charge is 2.35. The highest BCUT2D eigenvalue weighted by molar-refractivity contribution is 7.89. The Labute approximate surface area is 180 Å². The SMILES string of the molecule is O=C(NC1CCCc2ccccc21)C1CCCN(S(=O)(=O)c2cccc3nonc23)C1. The Balaban J connectivity index is 1.34. The van der Waals surface area contributed by atoms with Crippen molar-refractivity contribution in [3.05, 3.63) is 53.6 Å². The molecule has 2 atom stereocenters. The molecule has 5 rings (SSSR count). The van der Waals surface area contributed by atoms with Crippen molar-refractivity contribution in [3.8, 4) is 0 Å². The third-order valence-corrected chi connectivity index (χ3v) is 8.20. The molecule has 1 saturated heterocycles. The normalized spacial score (nSPS) is 22.2. The molecule has 1 aliphatic carbocycles. The largest absolute Gasteiger partial charge is 0.349 e. The smallest absolute Gasteiger partial charge is 0.245 e. The summed E-state index contributed by atoms with van der Waals surface area (Å²) in [5.74, 6) is -0.463. The molecule has 2 unspecified atom stereocenters. The molecule has 2 aliphatic rings. The van der Waals surface area contributed by atoms with E-state index in [1.54, 1.807) is 12.1 Å². The zero-order valence-electron chi connectivity index (χ0n) is 17.0. The molecule has 0 radical (unpaired) electrons. The minimum absolute atomic E-state index is 0.0145. The predicted octanol–water partition coefficient (Wildman–Crippen LogP) is 2.82. The number of aryl methyl sites for hydroxylation is 1. The number of nitrogens with one attached hydrogen (secondary N) is 1. The van der Waals surface area contributed by atoms with Crippen molar-refractivity contribution in [2.45, 2.75) is 43.0 Å². The molecule has 8 nitrogen and oxygen atoms in total. The fourth-order valence-corrected chi connectivity index (χ4v) is 6.36. The number of hydrogen-bond donors (Lipinski definition) is 1. The Morgan fingerprint density at radius 3 is 2.84 bits per heavy atom. The Kier molecular flexibility index (Phi) is 5.23.